The molecule has 0 saturated carbocycles. The van der Waals surface area contributed by atoms with E-state index in [0.717, 1.165) is 36.7 Å². The third-order valence-electron chi connectivity index (χ3n) is 5.97. The third kappa shape index (κ3) is 3.97. The summed E-state index contributed by atoms with van der Waals surface area (Å²) in [4.78, 5) is 11.2. The second-order valence-corrected chi connectivity index (χ2v) is 8.33. The van der Waals surface area contributed by atoms with Crippen molar-refractivity contribution in [2.45, 2.75) is 52.2 Å². The zero-order valence-electron chi connectivity index (χ0n) is 17.9. The third-order valence-corrected chi connectivity index (χ3v) is 6.32. The Kier molecular flexibility index (Phi) is 6.13. The molecular formula is C24H29N5S. The van der Waals surface area contributed by atoms with E-state index < -0.39 is 0 Å². The van der Waals surface area contributed by atoms with Crippen molar-refractivity contribution in [1.29, 1.82) is 0 Å². The summed E-state index contributed by atoms with van der Waals surface area (Å²) in [6.07, 6.45) is 7.82. The molecule has 1 N–H and O–H groups in total. The number of aryl methyl sites for hydroxylation is 1. The monoisotopic (exact) mass is 419 g/mol. The van der Waals surface area contributed by atoms with E-state index in [-0.39, 0.29) is 12.1 Å². The summed E-state index contributed by atoms with van der Waals surface area (Å²) in [6, 6.07) is 12.8. The lowest BCUT2D eigenvalue weighted by atomic mass is 9.96. The fraction of sp³-hybridized carbons (Fsp3) is 0.375. The predicted molar refractivity (Wildman–Crippen MR) is 124 cm³/mol. The lowest BCUT2D eigenvalue weighted by molar-refractivity contribution is 0.311. The summed E-state index contributed by atoms with van der Waals surface area (Å²) in [6.45, 7) is 8.42. The number of rotatable bonds is 7. The number of pyridine rings is 2. The molecule has 2 atom stereocenters. The maximum absolute atomic E-state index is 5.77. The van der Waals surface area contributed by atoms with Gasteiger partial charge in [-0.1, -0.05) is 19.4 Å². The van der Waals surface area contributed by atoms with Gasteiger partial charge in [-0.2, -0.15) is 0 Å². The van der Waals surface area contributed by atoms with E-state index >= 15 is 0 Å². The number of nitrogens with zero attached hydrogens (tertiary/aromatic N) is 4. The van der Waals surface area contributed by atoms with Crippen LogP contribution in [0, 0.1) is 13.8 Å². The molecule has 5 nitrogen and oxygen atoms in total. The van der Waals surface area contributed by atoms with Crippen molar-refractivity contribution in [2.24, 2.45) is 0 Å². The van der Waals surface area contributed by atoms with E-state index in [4.69, 9.17) is 12.2 Å². The fourth-order valence-corrected chi connectivity index (χ4v) is 4.69. The summed E-state index contributed by atoms with van der Waals surface area (Å²) in [5.41, 5.74) is 6.14. The molecule has 1 aliphatic rings. The first kappa shape index (κ1) is 20.5. The largest absolute Gasteiger partial charge is 0.352 e. The number of thiocarbonyl (C=S) groups is 1. The molecule has 1 saturated heterocycles. The fourth-order valence-electron chi connectivity index (χ4n) is 4.35. The highest BCUT2D eigenvalue weighted by Gasteiger charge is 2.40. The molecule has 0 unspecified atom stereocenters. The first-order valence-electron chi connectivity index (χ1n) is 10.6. The minimum Gasteiger partial charge on any atom is -0.352 e. The van der Waals surface area contributed by atoms with Gasteiger partial charge >= 0.3 is 0 Å². The van der Waals surface area contributed by atoms with Gasteiger partial charge in [-0.15, -0.1) is 0 Å². The van der Waals surface area contributed by atoms with Gasteiger partial charge in [-0.25, -0.2) is 0 Å². The second-order valence-electron chi connectivity index (χ2n) is 7.94. The Hall–Kier alpha value is -2.73. The standard InChI is InChI=1S/C24H29N5S/c1-4-5-14-28-23(22(27-24(28)30)21-8-6-7-11-26-21)20-15-17(2)29(18(20)3)16-19-9-12-25-13-10-19/h6-13,15,22-23H,4-5,14,16H2,1-3H3,(H,27,30)/t22-,23-/m0/s1. The van der Waals surface area contributed by atoms with E-state index in [0.29, 0.717) is 0 Å². The van der Waals surface area contributed by atoms with Crippen LogP contribution in [0.4, 0.5) is 0 Å². The molecule has 0 spiro atoms. The second kappa shape index (κ2) is 8.96. The number of hydrogen-bond acceptors (Lipinski definition) is 3. The SMILES string of the molecule is CCCCN1C(=S)N[C@@H](c2ccccn2)[C@@H]1c1cc(C)n(Cc2ccncc2)c1C. The average Bonchev–Trinajstić information content (AvgIpc) is 3.24. The van der Waals surface area contributed by atoms with Gasteiger partial charge < -0.3 is 14.8 Å². The zero-order valence-corrected chi connectivity index (χ0v) is 18.7. The van der Waals surface area contributed by atoms with E-state index in [1.54, 1.807) is 0 Å². The molecule has 6 heteroatoms. The van der Waals surface area contributed by atoms with Crippen molar-refractivity contribution in [3.05, 3.63) is 83.2 Å². The maximum Gasteiger partial charge on any atom is 0.170 e. The van der Waals surface area contributed by atoms with Crippen molar-refractivity contribution in [3.8, 4) is 0 Å². The Morgan fingerprint density at radius 1 is 1.10 bits per heavy atom. The van der Waals surface area contributed by atoms with Gasteiger partial charge in [0.2, 0.25) is 0 Å². The molecule has 4 rings (SSSR count). The highest BCUT2D eigenvalue weighted by Crippen LogP contribution is 2.41. The minimum atomic E-state index is 0.0467. The highest BCUT2D eigenvalue weighted by molar-refractivity contribution is 7.80. The van der Waals surface area contributed by atoms with Crippen molar-refractivity contribution in [3.63, 3.8) is 0 Å². The van der Waals surface area contributed by atoms with E-state index in [9.17, 15) is 0 Å². The highest BCUT2D eigenvalue weighted by atomic mass is 32.1. The molecule has 0 aromatic carbocycles. The van der Waals surface area contributed by atoms with Gasteiger partial charge in [0, 0.05) is 43.1 Å². The topological polar surface area (TPSA) is 46.0 Å². The van der Waals surface area contributed by atoms with E-state index in [1.165, 1.54) is 22.5 Å². The molecule has 30 heavy (non-hydrogen) atoms. The molecule has 3 aromatic rings. The smallest absolute Gasteiger partial charge is 0.170 e. The van der Waals surface area contributed by atoms with Crippen LogP contribution in [-0.4, -0.2) is 31.1 Å². The molecule has 1 aliphatic heterocycles. The summed E-state index contributed by atoms with van der Waals surface area (Å²) in [5.74, 6) is 0. The van der Waals surface area contributed by atoms with Crippen molar-refractivity contribution in [2.75, 3.05) is 6.54 Å². The molecule has 0 aliphatic carbocycles. The van der Waals surface area contributed by atoms with Crippen LogP contribution in [-0.2, 0) is 6.54 Å². The molecule has 156 valence electrons. The van der Waals surface area contributed by atoms with Crippen molar-refractivity contribution < 1.29 is 0 Å². The number of unbranched alkanes of at least 4 members (excludes halogenated alkanes) is 1. The van der Waals surface area contributed by atoms with Crippen LogP contribution in [0.1, 0.15) is 60.1 Å². The van der Waals surface area contributed by atoms with Gasteiger partial charge in [0.15, 0.2) is 5.11 Å². The molecule has 0 bridgehead atoms. The van der Waals surface area contributed by atoms with Gasteiger partial charge in [-0.05, 0) is 73.9 Å². The molecule has 3 aromatic heterocycles. The first-order valence-corrected chi connectivity index (χ1v) is 11.0. The first-order chi connectivity index (χ1) is 14.6. The lowest BCUT2D eigenvalue weighted by Gasteiger charge is -2.28. The lowest BCUT2D eigenvalue weighted by Crippen LogP contribution is -2.30. The van der Waals surface area contributed by atoms with Crippen LogP contribution >= 0.6 is 12.2 Å². The van der Waals surface area contributed by atoms with Gasteiger partial charge in [0.1, 0.15) is 0 Å². The molecule has 1 fully saturated rings. The molecule has 0 amide bonds. The Labute approximate surface area is 184 Å². The van der Waals surface area contributed by atoms with Crippen LogP contribution in [0.2, 0.25) is 0 Å². The Balaban J connectivity index is 1.74. The Bertz CT molecular complexity index is 999. The van der Waals surface area contributed by atoms with E-state index in [1.807, 2.05) is 30.7 Å². The van der Waals surface area contributed by atoms with Crippen LogP contribution in [0.3, 0.4) is 0 Å². The Morgan fingerprint density at radius 2 is 1.90 bits per heavy atom. The maximum atomic E-state index is 5.77. The zero-order chi connectivity index (χ0) is 21.1. The normalized spacial score (nSPS) is 18.6. The van der Waals surface area contributed by atoms with Crippen LogP contribution < -0.4 is 5.32 Å². The van der Waals surface area contributed by atoms with Gasteiger partial charge in [-0.3, -0.25) is 9.97 Å². The van der Waals surface area contributed by atoms with Crippen molar-refractivity contribution >= 4 is 17.3 Å². The summed E-state index contributed by atoms with van der Waals surface area (Å²) in [7, 11) is 0. The molecule has 0 radical (unpaired) electrons. The number of nitrogens with one attached hydrogen (secondary N) is 1. The van der Waals surface area contributed by atoms with Crippen LogP contribution in [0.25, 0.3) is 0 Å². The Morgan fingerprint density at radius 3 is 2.60 bits per heavy atom. The van der Waals surface area contributed by atoms with Crippen LogP contribution in [0.5, 0.6) is 0 Å². The van der Waals surface area contributed by atoms with Crippen molar-refractivity contribution in [1.82, 2.24) is 24.8 Å². The average molecular weight is 420 g/mol. The van der Waals surface area contributed by atoms with Gasteiger partial charge in [0.25, 0.3) is 0 Å². The predicted octanol–water partition coefficient (Wildman–Crippen LogP) is 4.72. The molecular weight excluding hydrogens is 390 g/mol. The summed E-state index contributed by atoms with van der Waals surface area (Å²) < 4.78 is 2.39. The number of aromatic nitrogens is 3. The van der Waals surface area contributed by atoms with Gasteiger partial charge in [0.05, 0.1) is 17.8 Å². The van der Waals surface area contributed by atoms with Crippen LogP contribution in [0.15, 0.2) is 55.0 Å². The number of hydrogen-bond donors (Lipinski definition) is 1. The summed E-state index contributed by atoms with van der Waals surface area (Å²) >= 11 is 5.77. The van der Waals surface area contributed by atoms with E-state index in [2.05, 4.69) is 69.8 Å². The molecule has 4 heterocycles. The quantitative estimate of drug-likeness (QED) is 0.562. The minimum absolute atomic E-state index is 0.0467. The summed E-state index contributed by atoms with van der Waals surface area (Å²) in [5, 5.41) is 4.38.